The quantitative estimate of drug-likeness (QED) is 0.646. The highest BCUT2D eigenvalue weighted by atomic mass is 35.5. The highest BCUT2D eigenvalue weighted by molar-refractivity contribution is 6.33. The molecule has 0 aliphatic carbocycles. The van der Waals surface area contributed by atoms with Crippen molar-refractivity contribution in [3.05, 3.63) is 33.1 Å². The van der Waals surface area contributed by atoms with Crippen LogP contribution >= 0.6 is 11.6 Å². The Labute approximate surface area is 102 Å². The molecule has 17 heavy (non-hydrogen) atoms. The van der Waals surface area contributed by atoms with Gasteiger partial charge in [0.2, 0.25) is 0 Å². The van der Waals surface area contributed by atoms with Crippen molar-refractivity contribution in [1.82, 2.24) is 0 Å². The van der Waals surface area contributed by atoms with Gasteiger partial charge in [0.25, 0.3) is 5.69 Å². The van der Waals surface area contributed by atoms with Gasteiger partial charge in [0.1, 0.15) is 16.5 Å². The first-order valence-corrected chi connectivity index (χ1v) is 5.19. The van der Waals surface area contributed by atoms with E-state index in [1.807, 2.05) is 0 Å². The number of nitro groups is 1. The molecule has 0 saturated heterocycles. The second-order valence-electron chi connectivity index (χ2n) is 4.18. The number of aliphatic hydroxyl groups is 1. The zero-order chi connectivity index (χ0) is 13.2. The summed E-state index contributed by atoms with van der Waals surface area (Å²) < 4.78 is 13.2. The average Bonchev–Trinajstić information content (AvgIpc) is 2.18. The first-order valence-electron chi connectivity index (χ1n) is 4.81. The van der Waals surface area contributed by atoms with Crippen molar-refractivity contribution in [1.29, 1.82) is 0 Å². The molecule has 7 heteroatoms. The van der Waals surface area contributed by atoms with Crippen molar-refractivity contribution < 1.29 is 14.4 Å². The largest absolute Gasteiger partial charge is 0.389 e. The van der Waals surface area contributed by atoms with Crippen molar-refractivity contribution in [2.24, 2.45) is 0 Å². The molecule has 0 aromatic heterocycles. The van der Waals surface area contributed by atoms with E-state index in [-0.39, 0.29) is 22.9 Å². The number of hydrogen-bond donors (Lipinski definition) is 2. The van der Waals surface area contributed by atoms with Crippen molar-refractivity contribution >= 4 is 23.0 Å². The van der Waals surface area contributed by atoms with Crippen LogP contribution in [-0.2, 0) is 0 Å². The fourth-order valence-electron chi connectivity index (χ4n) is 1.17. The molecule has 2 N–H and O–H groups in total. The van der Waals surface area contributed by atoms with Crippen molar-refractivity contribution in [2.45, 2.75) is 19.4 Å². The average molecular weight is 263 g/mol. The van der Waals surface area contributed by atoms with E-state index in [4.69, 9.17) is 11.6 Å². The van der Waals surface area contributed by atoms with Gasteiger partial charge in [-0.05, 0) is 19.9 Å². The van der Waals surface area contributed by atoms with Crippen LogP contribution in [0.15, 0.2) is 12.1 Å². The van der Waals surface area contributed by atoms with Crippen LogP contribution < -0.4 is 5.32 Å². The molecule has 0 bridgehead atoms. The van der Waals surface area contributed by atoms with Gasteiger partial charge >= 0.3 is 0 Å². The maximum Gasteiger partial charge on any atom is 0.294 e. The smallest absolute Gasteiger partial charge is 0.294 e. The summed E-state index contributed by atoms with van der Waals surface area (Å²) >= 11 is 5.65. The lowest BCUT2D eigenvalue weighted by Gasteiger charge is -2.19. The van der Waals surface area contributed by atoms with E-state index in [0.717, 1.165) is 12.1 Å². The Morgan fingerprint density at radius 2 is 2.18 bits per heavy atom. The molecule has 1 rings (SSSR count). The van der Waals surface area contributed by atoms with Crippen LogP contribution in [-0.4, -0.2) is 22.2 Å². The monoisotopic (exact) mass is 262 g/mol. The molecular weight excluding hydrogens is 251 g/mol. The Kier molecular flexibility index (Phi) is 3.90. The second kappa shape index (κ2) is 4.85. The third kappa shape index (κ3) is 3.54. The summed E-state index contributed by atoms with van der Waals surface area (Å²) in [4.78, 5) is 10.1. The molecule has 0 unspecified atom stereocenters. The highest BCUT2D eigenvalue weighted by Gasteiger charge is 2.22. The summed E-state index contributed by atoms with van der Waals surface area (Å²) in [5.41, 5.74) is -1.55. The minimum atomic E-state index is -1.09. The zero-order valence-electron chi connectivity index (χ0n) is 9.33. The molecule has 0 heterocycles. The molecule has 0 saturated carbocycles. The van der Waals surface area contributed by atoms with E-state index in [9.17, 15) is 19.6 Å². The third-order valence-corrected chi connectivity index (χ3v) is 2.34. The molecule has 0 spiro atoms. The Morgan fingerprint density at radius 3 is 2.65 bits per heavy atom. The molecule has 94 valence electrons. The molecule has 1 aromatic carbocycles. The van der Waals surface area contributed by atoms with Crippen LogP contribution in [0.2, 0.25) is 5.02 Å². The molecule has 0 aliphatic heterocycles. The Hall–Kier alpha value is -1.40. The maximum atomic E-state index is 13.2. The van der Waals surface area contributed by atoms with Gasteiger partial charge in [-0.3, -0.25) is 10.1 Å². The molecule has 0 aliphatic rings. The first kappa shape index (κ1) is 13.7. The summed E-state index contributed by atoms with van der Waals surface area (Å²) in [6.45, 7) is 3.04. The van der Waals surface area contributed by atoms with Crippen molar-refractivity contribution in [3.8, 4) is 0 Å². The number of rotatable bonds is 4. The van der Waals surface area contributed by atoms with Crippen molar-refractivity contribution in [3.63, 3.8) is 0 Å². The van der Waals surface area contributed by atoms with Crippen LogP contribution in [0, 0.1) is 15.9 Å². The molecule has 1 aromatic rings. The van der Waals surface area contributed by atoms with Gasteiger partial charge in [-0.2, -0.15) is 0 Å². The summed E-state index contributed by atoms with van der Waals surface area (Å²) in [6.07, 6.45) is 0. The van der Waals surface area contributed by atoms with Crippen LogP contribution in [0.1, 0.15) is 13.8 Å². The van der Waals surface area contributed by atoms with E-state index in [2.05, 4.69) is 5.32 Å². The summed E-state index contributed by atoms with van der Waals surface area (Å²) in [5.74, 6) is -0.754. The lowest BCUT2D eigenvalue weighted by molar-refractivity contribution is -0.384. The van der Waals surface area contributed by atoms with Gasteiger partial charge in [0.15, 0.2) is 0 Å². The van der Waals surface area contributed by atoms with Gasteiger partial charge in [-0.25, -0.2) is 4.39 Å². The van der Waals surface area contributed by atoms with E-state index in [1.165, 1.54) is 13.8 Å². The number of nitrogens with zero attached hydrogens (tertiary/aromatic N) is 1. The zero-order valence-corrected chi connectivity index (χ0v) is 10.1. The summed E-state index contributed by atoms with van der Waals surface area (Å²) in [5, 5.41) is 22.5. The number of nitrogens with one attached hydrogen (secondary N) is 1. The van der Waals surface area contributed by atoms with E-state index in [0.29, 0.717) is 0 Å². The maximum absolute atomic E-state index is 13.2. The molecule has 5 nitrogen and oxygen atoms in total. The predicted molar refractivity (Wildman–Crippen MR) is 62.9 cm³/mol. The Morgan fingerprint density at radius 1 is 1.59 bits per heavy atom. The van der Waals surface area contributed by atoms with Crippen LogP contribution in [0.25, 0.3) is 0 Å². The molecule has 0 radical (unpaired) electrons. The van der Waals surface area contributed by atoms with E-state index in [1.54, 1.807) is 0 Å². The molecule has 0 amide bonds. The number of anilines is 1. The minimum Gasteiger partial charge on any atom is -0.389 e. The van der Waals surface area contributed by atoms with Crippen molar-refractivity contribution in [2.75, 3.05) is 11.9 Å². The van der Waals surface area contributed by atoms with Gasteiger partial charge < -0.3 is 10.4 Å². The van der Waals surface area contributed by atoms with Crippen LogP contribution in [0.5, 0.6) is 0 Å². The fraction of sp³-hybridized carbons (Fsp3) is 0.400. The Bertz CT molecular complexity index is 446. The second-order valence-corrected chi connectivity index (χ2v) is 4.56. The van der Waals surface area contributed by atoms with Crippen LogP contribution in [0.3, 0.4) is 0 Å². The van der Waals surface area contributed by atoms with E-state index < -0.39 is 16.3 Å². The van der Waals surface area contributed by atoms with Crippen LogP contribution in [0.4, 0.5) is 15.8 Å². The normalized spacial score (nSPS) is 11.4. The summed E-state index contributed by atoms with van der Waals surface area (Å²) in [7, 11) is 0. The number of hydrogen-bond acceptors (Lipinski definition) is 4. The summed E-state index contributed by atoms with van der Waals surface area (Å²) in [6, 6.07) is 1.95. The fourth-order valence-corrected chi connectivity index (χ4v) is 1.39. The number of halogens is 2. The number of benzene rings is 1. The Balaban J connectivity index is 3.11. The predicted octanol–water partition coefficient (Wildman–Crippen LogP) is 2.57. The first-order chi connectivity index (χ1) is 7.72. The minimum absolute atomic E-state index is 0.0109. The standard InChI is InChI=1S/C10H12ClFN2O3/c1-10(2,15)5-13-9-7(14(16)17)4-3-6(12)8(9)11/h3-4,13,15H,5H2,1-2H3. The highest BCUT2D eigenvalue weighted by Crippen LogP contribution is 2.34. The van der Waals surface area contributed by atoms with Gasteiger partial charge in [-0.1, -0.05) is 11.6 Å². The van der Waals surface area contributed by atoms with Gasteiger partial charge in [0, 0.05) is 12.6 Å². The SMILES string of the molecule is CC(C)(O)CNc1c([N+](=O)[O-])ccc(F)c1Cl. The molecular formula is C10H12ClFN2O3. The topological polar surface area (TPSA) is 75.4 Å². The van der Waals surface area contributed by atoms with E-state index >= 15 is 0 Å². The molecule has 0 atom stereocenters. The number of nitro benzene ring substituents is 1. The van der Waals surface area contributed by atoms with Gasteiger partial charge in [0.05, 0.1) is 10.5 Å². The third-order valence-electron chi connectivity index (χ3n) is 1.97. The van der Waals surface area contributed by atoms with Gasteiger partial charge in [-0.15, -0.1) is 0 Å². The lowest BCUT2D eigenvalue weighted by atomic mass is 10.1. The molecule has 0 fully saturated rings. The lowest BCUT2D eigenvalue weighted by Crippen LogP contribution is -2.29.